The molecule has 4 heteroatoms. The molecule has 0 aliphatic heterocycles. The predicted molar refractivity (Wildman–Crippen MR) is 68.0 cm³/mol. The van der Waals surface area contributed by atoms with Gasteiger partial charge >= 0.3 is 0 Å². The van der Waals surface area contributed by atoms with Gasteiger partial charge in [-0.1, -0.05) is 24.3 Å². The Balaban J connectivity index is 2.08. The van der Waals surface area contributed by atoms with Gasteiger partial charge in [-0.25, -0.2) is 5.01 Å². The van der Waals surface area contributed by atoms with Crippen molar-refractivity contribution in [3.8, 4) is 11.3 Å². The maximum atomic E-state index is 5.58. The third-order valence-corrected chi connectivity index (χ3v) is 2.58. The molecule has 0 atom stereocenters. The zero-order valence-electron chi connectivity index (χ0n) is 9.87. The van der Waals surface area contributed by atoms with E-state index in [2.05, 4.69) is 34.5 Å². The Hall–Kier alpha value is -1.78. The molecule has 0 fully saturated rings. The molecular formula is C13H16N4. The highest BCUT2D eigenvalue weighted by Gasteiger charge is 1.99. The molecule has 0 amide bonds. The summed E-state index contributed by atoms with van der Waals surface area (Å²) in [5.74, 6) is 5.58. The van der Waals surface area contributed by atoms with Crippen LogP contribution in [0, 0.1) is 0 Å². The number of likely N-dealkylation sites (N-methyl/N-ethyl adjacent to an activating group) is 1. The van der Waals surface area contributed by atoms with Crippen LogP contribution < -0.4 is 5.84 Å². The molecule has 0 bridgehead atoms. The van der Waals surface area contributed by atoms with Crippen LogP contribution in [0.2, 0.25) is 0 Å². The van der Waals surface area contributed by atoms with Crippen LogP contribution in [0.3, 0.4) is 0 Å². The number of nitrogens with two attached hydrogens (primary N) is 1. The SMILES string of the molecule is CN(N)CCc1ccc(-c2cccnn2)cc1. The molecule has 0 aliphatic carbocycles. The molecule has 0 saturated heterocycles. The van der Waals surface area contributed by atoms with Gasteiger partial charge in [0.15, 0.2) is 0 Å². The number of nitrogens with zero attached hydrogens (tertiary/aromatic N) is 3. The molecular weight excluding hydrogens is 212 g/mol. The first kappa shape index (κ1) is 11.7. The van der Waals surface area contributed by atoms with E-state index in [0.717, 1.165) is 24.2 Å². The van der Waals surface area contributed by atoms with Crippen LogP contribution in [0.25, 0.3) is 11.3 Å². The summed E-state index contributed by atoms with van der Waals surface area (Å²) in [6, 6.07) is 12.2. The summed E-state index contributed by atoms with van der Waals surface area (Å²) in [6.45, 7) is 0.852. The summed E-state index contributed by atoms with van der Waals surface area (Å²) in [6.07, 6.45) is 2.63. The topological polar surface area (TPSA) is 55.0 Å². The number of hydrogen-bond acceptors (Lipinski definition) is 4. The van der Waals surface area contributed by atoms with E-state index in [-0.39, 0.29) is 0 Å². The zero-order valence-corrected chi connectivity index (χ0v) is 9.87. The van der Waals surface area contributed by atoms with Crippen molar-refractivity contribution in [2.75, 3.05) is 13.6 Å². The number of aromatic nitrogens is 2. The fourth-order valence-corrected chi connectivity index (χ4v) is 1.60. The van der Waals surface area contributed by atoms with Crippen molar-refractivity contribution in [2.24, 2.45) is 5.84 Å². The Bertz CT molecular complexity index is 451. The lowest BCUT2D eigenvalue weighted by Crippen LogP contribution is -2.28. The first-order valence-corrected chi connectivity index (χ1v) is 5.58. The second-order valence-corrected chi connectivity index (χ2v) is 4.04. The molecule has 2 aromatic rings. The minimum atomic E-state index is 0.852. The molecule has 0 radical (unpaired) electrons. The smallest absolute Gasteiger partial charge is 0.0929 e. The summed E-state index contributed by atoms with van der Waals surface area (Å²) in [5, 5.41) is 9.64. The first-order chi connectivity index (χ1) is 8.25. The second-order valence-electron chi connectivity index (χ2n) is 4.04. The molecule has 1 aromatic heterocycles. The van der Waals surface area contributed by atoms with Crippen molar-refractivity contribution in [2.45, 2.75) is 6.42 Å². The number of hydrogen-bond donors (Lipinski definition) is 1. The van der Waals surface area contributed by atoms with Crippen LogP contribution in [0.15, 0.2) is 42.6 Å². The van der Waals surface area contributed by atoms with E-state index in [9.17, 15) is 0 Å². The average Bonchev–Trinajstić information content (AvgIpc) is 2.38. The lowest BCUT2D eigenvalue weighted by Gasteiger charge is -2.09. The highest BCUT2D eigenvalue weighted by molar-refractivity contribution is 5.58. The molecule has 4 nitrogen and oxygen atoms in total. The lowest BCUT2D eigenvalue weighted by atomic mass is 10.1. The molecule has 1 aromatic carbocycles. The first-order valence-electron chi connectivity index (χ1n) is 5.58. The van der Waals surface area contributed by atoms with Gasteiger partial charge in [-0.3, -0.25) is 5.84 Å². The van der Waals surface area contributed by atoms with E-state index in [4.69, 9.17) is 5.84 Å². The minimum absolute atomic E-state index is 0.852. The van der Waals surface area contributed by atoms with Gasteiger partial charge in [-0.05, 0) is 24.1 Å². The van der Waals surface area contributed by atoms with E-state index in [0.29, 0.717) is 0 Å². The summed E-state index contributed by atoms with van der Waals surface area (Å²) in [4.78, 5) is 0. The third-order valence-electron chi connectivity index (χ3n) is 2.58. The Morgan fingerprint density at radius 2 is 1.94 bits per heavy atom. The molecule has 17 heavy (non-hydrogen) atoms. The minimum Gasteiger partial charge on any atom is -0.269 e. The summed E-state index contributed by atoms with van der Waals surface area (Å²) in [5.41, 5.74) is 3.26. The van der Waals surface area contributed by atoms with Crippen molar-refractivity contribution in [3.05, 3.63) is 48.2 Å². The van der Waals surface area contributed by atoms with Gasteiger partial charge in [0.2, 0.25) is 0 Å². The lowest BCUT2D eigenvalue weighted by molar-refractivity contribution is 0.354. The molecule has 2 N–H and O–H groups in total. The van der Waals surface area contributed by atoms with Crippen molar-refractivity contribution in [3.63, 3.8) is 0 Å². The fourth-order valence-electron chi connectivity index (χ4n) is 1.60. The number of rotatable bonds is 4. The summed E-state index contributed by atoms with van der Waals surface area (Å²) < 4.78 is 0. The second kappa shape index (κ2) is 5.52. The Morgan fingerprint density at radius 1 is 1.18 bits per heavy atom. The van der Waals surface area contributed by atoms with Gasteiger partial charge in [0.1, 0.15) is 0 Å². The fraction of sp³-hybridized carbons (Fsp3) is 0.231. The van der Waals surface area contributed by atoms with Crippen LogP contribution in [0.1, 0.15) is 5.56 Å². The average molecular weight is 228 g/mol. The zero-order chi connectivity index (χ0) is 12.1. The Labute approximate surface area is 101 Å². The van der Waals surface area contributed by atoms with E-state index in [1.165, 1.54) is 5.56 Å². The molecule has 0 aliphatic rings. The summed E-state index contributed by atoms with van der Waals surface area (Å²) >= 11 is 0. The number of hydrazine groups is 1. The van der Waals surface area contributed by atoms with Gasteiger partial charge < -0.3 is 0 Å². The molecule has 0 unspecified atom stereocenters. The van der Waals surface area contributed by atoms with Crippen molar-refractivity contribution < 1.29 is 0 Å². The maximum absolute atomic E-state index is 5.58. The van der Waals surface area contributed by atoms with E-state index in [1.54, 1.807) is 11.2 Å². The van der Waals surface area contributed by atoms with Gasteiger partial charge in [0, 0.05) is 25.4 Å². The highest BCUT2D eigenvalue weighted by atomic mass is 15.4. The van der Waals surface area contributed by atoms with Crippen LogP contribution in [-0.4, -0.2) is 28.8 Å². The van der Waals surface area contributed by atoms with Gasteiger partial charge in [0.25, 0.3) is 0 Å². The largest absolute Gasteiger partial charge is 0.269 e. The standard InChI is InChI=1S/C13H16N4/c1-17(14)10-8-11-4-6-12(7-5-11)13-3-2-9-15-16-13/h2-7,9H,8,10,14H2,1H3. The molecule has 0 spiro atoms. The van der Waals surface area contributed by atoms with Crippen molar-refractivity contribution in [1.82, 2.24) is 15.2 Å². The maximum Gasteiger partial charge on any atom is 0.0929 e. The van der Waals surface area contributed by atoms with Crippen LogP contribution >= 0.6 is 0 Å². The van der Waals surface area contributed by atoms with Gasteiger partial charge in [-0.2, -0.15) is 10.2 Å². The predicted octanol–water partition coefficient (Wildman–Crippen LogP) is 1.49. The van der Waals surface area contributed by atoms with Crippen LogP contribution in [0.4, 0.5) is 0 Å². The molecule has 0 saturated carbocycles. The van der Waals surface area contributed by atoms with Crippen molar-refractivity contribution >= 4 is 0 Å². The monoisotopic (exact) mass is 228 g/mol. The van der Waals surface area contributed by atoms with Crippen LogP contribution in [0.5, 0.6) is 0 Å². The molecule has 1 heterocycles. The Kier molecular flexibility index (Phi) is 3.80. The summed E-state index contributed by atoms with van der Waals surface area (Å²) in [7, 11) is 1.87. The normalized spacial score (nSPS) is 10.8. The van der Waals surface area contributed by atoms with E-state index in [1.807, 2.05) is 19.2 Å². The molecule has 2 rings (SSSR count). The van der Waals surface area contributed by atoms with E-state index < -0.39 is 0 Å². The Morgan fingerprint density at radius 3 is 2.53 bits per heavy atom. The van der Waals surface area contributed by atoms with Crippen molar-refractivity contribution in [1.29, 1.82) is 0 Å². The van der Waals surface area contributed by atoms with E-state index >= 15 is 0 Å². The number of benzene rings is 1. The van der Waals surface area contributed by atoms with Gasteiger partial charge in [-0.15, -0.1) is 0 Å². The van der Waals surface area contributed by atoms with Crippen LogP contribution in [-0.2, 0) is 6.42 Å². The quantitative estimate of drug-likeness (QED) is 0.636. The van der Waals surface area contributed by atoms with Gasteiger partial charge in [0.05, 0.1) is 5.69 Å². The highest BCUT2D eigenvalue weighted by Crippen LogP contribution is 2.16. The molecule has 88 valence electrons. The third kappa shape index (κ3) is 3.34.